The van der Waals surface area contributed by atoms with E-state index in [1.165, 1.54) is 5.56 Å². The van der Waals surface area contributed by atoms with Crippen LogP contribution in [0.15, 0.2) is 12.4 Å². The van der Waals surface area contributed by atoms with Crippen molar-refractivity contribution in [2.45, 2.75) is 20.4 Å². The first-order chi connectivity index (χ1) is 6.53. The lowest BCUT2D eigenvalue weighted by Gasteiger charge is -2.22. The van der Waals surface area contributed by atoms with E-state index in [1.54, 1.807) is 0 Å². The van der Waals surface area contributed by atoms with Crippen molar-refractivity contribution in [3.05, 3.63) is 18.0 Å². The maximum absolute atomic E-state index is 5.63. The van der Waals surface area contributed by atoms with E-state index in [9.17, 15) is 0 Å². The molecule has 1 heterocycles. The fourth-order valence-corrected chi connectivity index (χ4v) is 1.18. The fourth-order valence-electron chi connectivity index (χ4n) is 1.18. The molecule has 0 fully saturated rings. The molecule has 0 atom stereocenters. The van der Waals surface area contributed by atoms with E-state index in [4.69, 9.17) is 5.73 Å². The van der Waals surface area contributed by atoms with E-state index >= 15 is 0 Å². The number of hydrogen-bond acceptors (Lipinski definition) is 3. The average Bonchev–Trinajstić information content (AvgIpc) is 2.51. The van der Waals surface area contributed by atoms with Gasteiger partial charge in [0.2, 0.25) is 0 Å². The second-order valence-electron chi connectivity index (χ2n) is 4.49. The minimum absolute atomic E-state index is 0.169. The molecule has 4 heteroatoms. The summed E-state index contributed by atoms with van der Waals surface area (Å²) < 4.78 is 1.81. The quantitative estimate of drug-likeness (QED) is 0.721. The van der Waals surface area contributed by atoms with Gasteiger partial charge >= 0.3 is 0 Å². The van der Waals surface area contributed by atoms with Gasteiger partial charge in [-0.25, -0.2) is 0 Å². The van der Waals surface area contributed by atoms with E-state index < -0.39 is 0 Å². The molecule has 3 N–H and O–H groups in total. The highest BCUT2D eigenvalue weighted by molar-refractivity contribution is 5.02. The fraction of sp³-hybridized carbons (Fsp3) is 0.700. The monoisotopic (exact) mass is 196 g/mol. The van der Waals surface area contributed by atoms with Crippen LogP contribution in [-0.4, -0.2) is 22.9 Å². The summed E-state index contributed by atoms with van der Waals surface area (Å²) in [5.74, 6) is 0. The summed E-state index contributed by atoms with van der Waals surface area (Å²) in [5.41, 5.74) is 7.01. The zero-order valence-corrected chi connectivity index (χ0v) is 9.25. The number of hydrogen-bond donors (Lipinski definition) is 2. The van der Waals surface area contributed by atoms with Crippen molar-refractivity contribution in [1.82, 2.24) is 15.1 Å². The number of rotatable bonds is 5. The van der Waals surface area contributed by atoms with Gasteiger partial charge in [0.25, 0.3) is 0 Å². The molecule has 0 radical (unpaired) electrons. The molecule has 0 unspecified atom stereocenters. The molecule has 0 saturated carbocycles. The Morgan fingerprint density at radius 3 is 2.79 bits per heavy atom. The SMILES string of the molecule is Cn1cc(CNCC(C)(C)CN)cn1. The normalized spacial score (nSPS) is 12.0. The number of aromatic nitrogens is 2. The third-order valence-electron chi connectivity index (χ3n) is 2.24. The highest BCUT2D eigenvalue weighted by Gasteiger charge is 2.14. The lowest BCUT2D eigenvalue weighted by molar-refractivity contribution is 0.351. The van der Waals surface area contributed by atoms with Crippen LogP contribution in [0.1, 0.15) is 19.4 Å². The topological polar surface area (TPSA) is 55.9 Å². The summed E-state index contributed by atoms with van der Waals surface area (Å²) in [7, 11) is 1.92. The van der Waals surface area contributed by atoms with Crippen LogP contribution in [0, 0.1) is 5.41 Å². The molecule has 1 rings (SSSR count). The van der Waals surface area contributed by atoms with Crippen molar-refractivity contribution in [1.29, 1.82) is 0 Å². The number of nitrogens with two attached hydrogens (primary N) is 1. The van der Waals surface area contributed by atoms with Crippen molar-refractivity contribution in [3.63, 3.8) is 0 Å². The van der Waals surface area contributed by atoms with Gasteiger partial charge in [0.05, 0.1) is 6.20 Å². The Balaban J connectivity index is 2.28. The first-order valence-electron chi connectivity index (χ1n) is 4.92. The Hall–Kier alpha value is -0.870. The lowest BCUT2D eigenvalue weighted by atomic mass is 9.94. The van der Waals surface area contributed by atoms with Gasteiger partial charge in [0.1, 0.15) is 0 Å². The first kappa shape index (κ1) is 11.2. The Labute approximate surface area is 85.5 Å². The first-order valence-corrected chi connectivity index (χ1v) is 4.92. The smallest absolute Gasteiger partial charge is 0.0534 e. The Morgan fingerprint density at radius 1 is 1.57 bits per heavy atom. The summed E-state index contributed by atoms with van der Waals surface area (Å²) >= 11 is 0. The number of nitrogens with zero attached hydrogens (tertiary/aromatic N) is 2. The van der Waals surface area contributed by atoms with Gasteiger partial charge in [-0.15, -0.1) is 0 Å². The molecule has 4 nitrogen and oxygen atoms in total. The second-order valence-corrected chi connectivity index (χ2v) is 4.49. The van der Waals surface area contributed by atoms with Crippen molar-refractivity contribution >= 4 is 0 Å². The second kappa shape index (κ2) is 4.57. The molecule has 0 aliphatic heterocycles. The van der Waals surface area contributed by atoms with Gasteiger partial charge in [-0.05, 0) is 12.0 Å². The summed E-state index contributed by atoms with van der Waals surface area (Å²) in [6.07, 6.45) is 3.89. The molecular weight excluding hydrogens is 176 g/mol. The Bertz CT molecular complexity index is 277. The van der Waals surface area contributed by atoms with Gasteiger partial charge < -0.3 is 11.1 Å². The maximum Gasteiger partial charge on any atom is 0.0534 e. The van der Waals surface area contributed by atoms with Crippen LogP contribution in [0.25, 0.3) is 0 Å². The van der Waals surface area contributed by atoms with Crippen molar-refractivity contribution in [2.24, 2.45) is 18.2 Å². The van der Waals surface area contributed by atoms with Gasteiger partial charge in [0, 0.05) is 31.9 Å². The van der Waals surface area contributed by atoms with E-state index in [0.717, 1.165) is 13.1 Å². The van der Waals surface area contributed by atoms with Crippen molar-refractivity contribution < 1.29 is 0 Å². The third kappa shape index (κ3) is 3.47. The molecule has 0 aliphatic rings. The summed E-state index contributed by atoms with van der Waals surface area (Å²) in [4.78, 5) is 0. The predicted molar refractivity (Wildman–Crippen MR) is 57.8 cm³/mol. The molecule has 0 bridgehead atoms. The number of nitrogens with one attached hydrogen (secondary N) is 1. The van der Waals surface area contributed by atoms with Crippen LogP contribution in [0.5, 0.6) is 0 Å². The van der Waals surface area contributed by atoms with Crippen molar-refractivity contribution in [2.75, 3.05) is 13.1 Å². The summed E-state index contributed by atoms with van der Waals surface area (Å²) in [5, 5.41) is 7.48. The standard InChI is InChI=1S/C10H20N4/c1-10(2,7-11)8-12-4-9-5-13-14(3)6-9/h5-6,12H,4,7-8,11H2,1-3H3. The van der Waals surface area contributed by atoms with Crippen LogP contribution in [0.3, 0.4) is 0 Å². The van der Waals surface area contributed by atoms with Gasteiger partial charge in [-0.2, -0.15) is 5.10 Å². The zero-order chi connectivity index (χ0) is 10.6. The Kier molecular flexibility index (Phi) is 3.66. The molecule has 0 saturated heterocycles. The highest BCUT2D eigenvalue weighted by atomic mass is 15.2. The van der Waals surface area contributed by atoms with E-state index in [0.29, 0.717) is 6.54 Å². The van der Waals surface area contributed by atoms with Crippen molar-refractivity contribution in [3.8, 4) is 0 Å². The van der Waals surface area contributed by atoms with Crippen LogP contribution in [0.2, 0.25) is 0 Å². The molecule has 80 valence electrons. The summed E-state index contributed by atoms with van der Waals surface area (Å²) in [6.45, 7) is 6.80. The number of aryl methyl sites for hydroxylation is 1. The maximum atomic E-state index is 5.63. The van der Waals surface area contributed by atoms with Gasteiger partial charge in [0.15, 0.2) is 0 Å². The average molecular weight is 196 g/mol. The third-order valence-corrected chi connectivity index (χ3v) is 2.24. The van der Waals surface area contributed by atoms with Gasteiger partial charge in [-0.3, -0.25) is 4.68 Å². The molecule has 0 amide bonds. The Morgan fingerprint density at radius 2 is 2.29 bits per heavy atom. The van der Waals surface area contributed by atoms with E-state index in [-0.39, 0.29) is 5.41 Å². The molecule has 0 aliphatic carbocycles. The molecule has 1 aromatic heterocycles. The molecule has 0 spiro atoms. The van der Waals surface area contributed by atoms with Gasteiger partial charge in [-0.1, -0.05) is 13.8 Å². The molecule has 0 aromatic carbocycles. The van der Waals surface area contributed by atoms with Crippen LogP contribution in [0.4, 0.5) is 0 Å². The molecule has 1 aromatic rings. The van der Waals surface area contributed by atoms with E-state index in [1.807, 2.05) is 24.1 Å². The highest BCUT2D eigenvalue weighted by Crippen LogP contribution is 2.10. The van der Waals surface area contributed by atoms with E-state index in [2.05, 4.69) is 24.3 Å². The van der Waals surface area contributed by atoms with Crippen LogP contribution < -0.4 is 11.1 Å². The van der Waals surface area contributed by atoms with Crippen LogP contribution in [-0.2, 0) is 13.6 Å². The minimum Gasteiger partial charge on any atom is -0.330 e. The minimum atomic E-state index is 0.169. The molecular formula is C10H20N4. The lowest BCUT2D eigenvalue weighted by Crippen LogP contribution is -2.35. The molecule has 14 heavy (non-hydrogen) atoms. The summed E-state index contributed by atoms with van der Waals surface area (Å²) in [6, 6.07) is 0. The largest absolute Gasteiger partial charge is 0.330 e. The predicted octanol–water partition coefficient (Wildman–Crippen LogP) is 0.495. The zero-order valence-electron chi connectivity index (χ0n) is 9.25. The van der Waals surface area contributed by atoms with Crippen LogP contribution >= 0.6 is 0 Å².